The Balaban J connectivity index is 1.45. The van der Waals surface area contributed by atoms with Gasteiger partial charge in [-0.3, -0.25) is 4.79 Å². The van der Waals surface area contributed by atoms with Crippen molar-refractivity contribution in [2.45, 2.75) is 12.8 Å². The molecule has 3 heterocycles. The number of halogens is 1. The zero-order chi connectivity index (χ0) is 18.8. The minimum atomic E-state index is -0.0976. The van der Waals surface area contributed by atoms with Gasteiger partial charge in [-0.2, -0.15) is 0 Å². The number of aromatic nitrogens is 2. The third-order valence-electron chi connectivity index (χ3n) is 4.64. The van der Waals surface area contributed by atoms with Crippen molar-refractivity contribution in [3.8, 4) is 5.75 Å². The van der Waals surface area contributed by atoms with Gasteiger partial charge < -0.3 is 15.0 Å². The van der Waals surface area contributed by atoms with E-state index >= 15 is 0 Å². The summed E-state index contributed by atoms with van der Waals surface area (Å²) in [5, 5.41) is 4.37. The average molecular weight is 403 g/mol. The highest BCUT2D eigenvalue weighted by molar-refractivity contribution is 7.21. The third-order valence-corrected chi connectivity index (χ3v) is 5.97. The van der Waals surface area contributed by atoms with Crippen molar-refractivity contribution in [2.75, 3.05) is 30.4 Å². The lowest BCUT2D eigenvalue weighted by atomic mass is 9.97. The Hall–Kier alpha value is -2.38. The minimum absolute atomic E-state index is 0.000157. The van der Waals surface area contributed by atoms with Gasteiger partial charge in [0.05, 0.1) is 18.1 Å². The molecule has 2 aromatic heterocycles. The number of thiazole rings is 1. The summed E-state index contributed by atoms with van der Waals surface area (Å²) in [6, 6.07) is 9.10. The number of fused-ring (bicyclic) bond motifs is 1. The van der Waals surface area contributed by atoms with Crippen molar-refractivity contribution in [2.24, 2.45) is 5.92 Å². The summed E-state index contributed by atoms with van der Waals surface area (Å²) >= 11 is 7.71. The van der Waals surface area contributed by atoms with E-state index in [-0.39, 0.29) is 11.8 Å². The number of benzene rings is 1. The van der Waals surface area contributed by atoms with Crippen molar-refractivity contribution in [1.29, 1.82) is 0 Å². The number of amides is 1. The lowest BCUT2D eigenvalue weighted by Crippen LogP contribution is -2.40. The summed E-state index contributed by atoms with van der Waals surface area (Å²) in [7, 11) is 1.56. The standard InChI is InChI=1S/C19H19ClN4O2S/c1-26-16-7-6-13(10-14(16)20)22-17(25)12-4-3-9-24(11-12)19-23-15-5-2-8-21-18(15)27-19/h2,5-8,10,12H,3-4,9,11H2,1H3,(H,22,25). The molecule has 6 nitrogen and oxygen atoms in total. The summed E-state index contributed by atoms with van der Waals surface area (Å²) in [5.74, 6) is 0.489. The normalized spacial score (nSPS) is 17.1. The Morgan fingerprint density at radius 1 is 1.41 bits per heavy atom. The van der Waals surface area contributed by atoms with E-state index in [4.69, 9.17) is 16.3 Å². The van der Waals surface area contributed by atoms with Crippen molar-refractivity contribution >= 4 is 50.0 Å². The zero-order valence-corrected chi connectivity index (χ0v) is 16.4. The first-order chi connectivity index (χ1) is 13.1. The number of carbonyl (C=O) groups excluding carboxylic acids is 1. The van der Waals surface area contributed by atoms with Crippen LogP contribution in [0.2, 0.25) is 5.02 Å². The smallest absolute Gasteiger partial charge is 0.229 e. The molecule has 140 valence electrons. The first-order valence-corrected chi connectivity index (χ1v) is 9.94. The Morgan fingerprint density at radius 2 is 2.30 bits per heavy atom. The maximum atomic E-state index is 12.7. The van der Waals surface area contributed by atoms with E-state index in [1.54, 1.807) is 42.8 Å². The van der Waals surface area contributed by atoms with Crippen LogP contribution in [0.1, 0.15) is 12.8 Å². The maximum absolute atomic E-state index is 12.7. The van der Waals surface area contributed by atoms with Gasteiger partial charge in [0.2, 0.25) is 5.91 Å². The van der Waals surface area contributed by atoms with Crippen LogP contribution in [-0.4, -0.2) is 36.1 Å². The Morgan fingerprint density at radius 3 is 3.07 bits per heavy atom. The molecule has 0 spiro atoms. The molecule has 1 aliphatic rings. The molecule has 0 radical (unpaired) electrons. The van der Waals surface area contributed by atoms with Crippen LogP contribution >= 0.6 is 22.9 Å². The first-order valence-electron chi connectivity index (χ1n) is 8.75. The van der Waals surface area contributed by atoms with Gasteiger partial charge in [-0.1, -0.05) is 22.9 Å². The number of rotatable bonds is 4. The van der Waals surface area contributed by atoms with E-state index in [9.17, 15) is 4.79 Å². The first kappa shape index (κ1) is 18.0. The van der Waals surface area contributed by atoms with E-state index in [0.29, 0.717) is 23.0 Å². The molecule has 4 rings (SSSR count). The van der Waals surface area contributed by atoms with Crippen LogP contribution in [0.3, 0.4) is 0 Å². The van der Waals surface area contributed by atoms with Gasteiger partial charge in [0.1, 0.15) is 16.1 Å². The lowest BCUT2D eigenvalue weighted by molar-refractivity contribution is -0.120. The molecular formula is C19H19ClN4O2S. The van der Waals surface area contributed by atoms with Crippen LogP contribution in [-0.2, 0) is 4.79 Å². The van der Waals surface area contributed by atoms with Crippen molar-refractivity contribution in [3.05, 3.63) is 41.6 Å². The Kier molecular flexibility index (Phi) is 5.13. The topological polar surface area (TPSA) is 67.3 Å². The van der Waals surface area contributed by atoms with Crippen molar-refractivity contribution < 1.29 is 9.53 Å². The van der Waals surface area contributed by atoms with Gasteiger partial charge in [0, 0.05) is 25.0 Å². The van der Waals surface area contributed by atoms with Crippen LogP contribution in [0, 0.1) is 5.92 Å². The molecule has 3 aromatic rings. The molecule has 1 unspecified atom stereocenters. The van der Waals surface area contributed by atoms with Crippen LogP contribution in [0.15, 0.2) is 36.5 Å². The number of hydrogen-bond donors (Lipinski definition) is 1. The predicted molar refractivity (Wildman–Crippen MR) is 109 cm³/mol. The number of nitrogens with zero attached hydrogens (tertiary/aromatic N) is 3. The molecule has 0 bridgehead atoms. The van der Waals surface area contributed by atoms with Gasteiger partial charge in [0.25, 0.3) is 0 Å². The SMILES string of the molecule is COc1ccc(NC(=O)C2CCCN(c3nc4cccnc4s3)C2)cc1Cl. The minimum Gasteiger partial charge on any atom is -0.495 e. The van der Waals surface area contributed by atoms with Crippen LogP contribution in [0.4, 0.5) is 10.8 Å². The Bertz CT molecular complexity index is 944. The number of carbonyl (C=O) groups is 1. The molecule has 1 aromatic carbocycles. The molecule has 1 amide bonds. The highest BCUT2D eigenvalue weighted by Gasteiger charge is 2.27. The number of nitrogens with one attached hydrogen (secondary N) is 1. The summed E-state index contributed by atoms with van der Waals surface area (Å²) in [5.41, 5.74) is 1.57. The second-order valence-electron chi connectivity index (χ2n) is 6.45. The average Bonchev–Trinajstić information content (AvgIpc) is 3.12. The van der Waals surface area contributed by atoms with Crippen LogP contribution in [0.5, 0.6) is 5.75 Å². The highest BCUT2D eigenvalue weighted by Crippen LogP contribution is 2.31. The molecule has 0 aliphatic carbocycles. The summed E-state index contributed by atoms with van der Waals surface area (Å²) in [6.45, 7) is 1.55. The number of ether oxygens (including phenoxy) is 1. The highest BCUT2D eigenvalue weighted by atomic mass is 35.5. The maximum Gasteiger partial charge on any atom is 0.229 e. The van der Waals surface area contributed by atoms with E-state index in [1.807, 2.05) is 12.1 Å². The van der Waals surface area contributed by atoms with Crippen LogP contribution in [0.25, 0.3) is 10.3 Å². The van der Waals surface area contributed by atoms with Gasteiger partial charge in [-0.15, -0.1) is 0 Å². The monoisotopic (exact) mass is 402 g/mol. The van der Waals surface area contributed by atoms with E-state index in [1.165, 1.54) is 0 Å². The van der Waals surface area contributed by atoms with Crippen LogP contribution < -0.4 is 15.0 Å². The van der Waals surface area contributed by atoms with Crippen molar-refractivity contribution in [1.82, 2.24) is 9.97 Å². The number of pyridine rings is 1. The molecule has 1 N–H and O–H groups in total. The van der Waals surface area contributed by atoms with E-state index < -0.39 is 0 Å². The number of hydrogen-bond acceptors (Lipinski definition) is 6. The summed E-state index contributed by atoms with van der Waals surface area (Å²) in [4.78, 5) is 24.9. The van der Waals surface area contributed by atoms with E-state index in [0.717, 1.165) is 34.9 Å². The molecule has 8 heteroatoms. The van der Waals surface area contributed by atoms with Crippen molar-refractivity contribution in [3.63, 3.8) is 0 Å². The molecule has 1 fully saturated rings. The number of methoxy groups -OCH3 is 1. The Labute approximate surface area is 166 Å². The quantitative estimate of drug-likeness (QED) is 0.708. The van der Waals surface area contributed by atoms with Gasteiger partial charge in [-0.25, -0.2) is 9.97 Å². The van der Waals surface area contributed by atoms with Gasteiger partial charge in [-0.05, 0) is 43.2 Å². The second-order valence-corrected chi connectivity index (χ2v) is 7.81. The number of anilines is 2. The fraction of sp³-hybridized carbons (Fsp3) is 0.316. The number of piperidine rings is 1. The summed E-state index contributed by atoms with van der Waals surface area (Å²) in [6.07, 6.45) is 3.58. The molecular weight excluding hydrogens is 384 g/mol. The molecule has 1 aliphatic heterocycles. The zero-order valence-electron chi connectivity index (χ0n) is 14.8. The summed E-state index contributed by atoms with van der Waals surface area (Å²) < 4.78 is 5.15. The largest absolute Gasteiger partial charge is 0.495 e. The van der Waals surface area contributed by atoms with Gasteiger partial charge in [0.15, 0.2) is 5.13 Å². The second kappa shape index (κ2) is 7.70. The molecule has 0 saturated carbocycles. The molecule has 1 atom stereocenters. The predicted octanol–water partition coefficient (Wildman–Crippen LogP) is 4.21. The van der Waals surface area contributed by atoms with E-state index in [2.05, 4.69) is 20.2 Å². The fourth-order valence-electron chi connectivity index (χ4n) is 3.25. The molecule has 27 heavy (non-hydrogen) atoms. The lowest BCUT2D eigenvalue weighted by Gasteiger charge is -2.31. The third kappa shape index (κ3) is 3.84. The van der Waals surface area contributed by atoms with Gasteiger partial charge >= 0.3 is 0 Å². The fourth-order valence-corrected chi connectivity index (χ4v) is 4.45. The molecule has 1 saturated heterocycles.